The Morgan fingerprint density at radius 2 is 1.93 bits per heavy atom. The topological polar surface area (TPSA) is 87.2 Å². The maximum absolute atomic E-state index is 13.2. The summed E-state index contributed by atoms with van der Waals surface area (Å²) in [5.74, 6) is -0.319. The molecule has 0 unspecified atom stereocenters. The highest BCUT2D eigenvalue weighted by atomic mass is 19.1. The van der Waals surface area contributed by atoms with Crippen molar-refractivity contribution in [2.75, 3.05) is 13.7 Å². The molecule has 0 radical (unpaired) electrons. The predicted molar refractivity (Wildman–Crippen MR) is 97.0 cm³/mol. The van der Waals surface area contributed by atoms with Crippen LogP contribution < -0.4 is 5.56 Å². The molecule has 0 saturated carbocycles. The lowest BCUT2D eigenvalue weighted by molar-refractivity contribution is 0.190. The summed E-state index contributed by atoms with van der Waals surface area (Å²) in [4.78, 5) is 17.0. The molecule has 0 fully saturated rings. The molecule has 8 nitrogen and oxygen atoms in total. The number of fused-ring (bicyclic) bond motifs is 3. The van der Waals surface area contributed by atoms with E-state index in [1.807, 2.05) is 6.92 Å². The Morgan fingerprint density at radius 1 is 1.15 bits per heavy atom. The standard InChI is InChI=1S/C18H17FN6O2/c1-11-14(12-4-6-13(19)7-5-12)16-22-21-15-17(25(16)23-11)20-10-24(18(15)26)8-3-9-27-2/h4-7,10H,3,8-9H2,1-2H3. The number of ether oxygens (including phenoxy) is 1. The first kappa shape index (κ1) is 17.2. The van der Waals surface area contributed by atoms with Crippen LogP contribution in [0.5, 0.6) is 0 Å². The van der Waals surface area contributed by atoms with E-state index < -0.39 is 0 Å². The molecule has 0 N–H and O–H groups in total. The van der Waals surface area contributed by atoms with Crippen LogP contribution in [0.4, 0.5) is 4.39 Å². The van der Waals surface area contributed by atoms with Crippen molar-refractivity contribution in [2.45, 2.75) is 19.9 Å². The normalized spacial score (nSPS) is 11.5. The van der Waals surface area contributed by atoms with Gasteiger partial charge in [-0.2, -0.15) is 9.61 Å². The van der Waals surface area contributed by atoms with Gasteiger partial charge in [0, 0.05) is 20.3 Å². The largest absolute Gasteiger partial charge is 0.385 e. The zero-order chi connectivity index (χ0) is 19.0. The summed E-state index contributed by atoms with van der Waals surface area (Å²) in [6.45, 7) is 2.86. The molecular weight excluding hydrogens is 351 g/mol. The van der Waals surface area contributed by atoms with Gasteiger partial charge in [-0.1, -0.05) is 12.1 Å². The number of aryl methyl sites for hydroxylation is 2. The zero-order valence-electron chi connectivity index (χ0n) is 14.9. The monoisotopic (exact) mass is 368 g/mol. The minimum absolute atomic E-state index is 0.149. The van der Waals surface area contributed by atoms with E-state index in [4.69, 9.17) is 4.74 Å². The molecule has 1 aromatic carbocycles. The van der Waals surface area contributed by atoms with Crippen LogP contribution >= 0.6 is 0 Å². The molecule has 27 heavy (non-hydrogen) atoms. The molecule has 0 bridgehead atoms. The molecule has 0 aliphatic rings. The van der Waals surface area contributed by atoms with Crippen LogP contribution in [0.1, 0.15) is 12.1 Å². The van der Waals surface area contributed by atoms with Crippen molar-refractivity contribution in [3.63, 3.8) is 0 Å². The second-order valence-corrected chi connectivity index (χ2v) is 6.16. The number of hydrogen-bond donors (Lipinski definition) is 0. The third-order valence-electron chi connectivity index (χ3n) is 4.36. The molecular formula is C18H17FN6O2. The molecule has 0 spiro atoms. The third kappa shape index (κ3) is 2.95. The Labute approximate surface area is 153 Å². The molecule has 0 atom stereocenters. The summed E-state index contributed by atoms with van der Waals surface area (Å²) in [6.07, 6.45) is 2.17. The van der Waals surface area contributed by atoms with Crippen molar-refractivity contribution in [3.05, 3.63) is 52.5 Å². The van der Waals surface area contributed by atoms with Gasteiger partial charge in [0.25, 0.3) is 5.56 Å². The van der Waals surface area contributed by atoms with Crippen LogP contribution in [-0.2, 0) is 11.3 Å². The average Bonchev–Trinajstić information content (AvgIpc) is 3.00. The van der Waals surface area contributed by atoms with Crippen molar-refractivity contribution < 1.29 is 9.13 Å². The second kappa shape index (κ2) is 6.84. The number of halogens is 1. The SMILES string of the molecule is COCCCn1cnc2c(nnc3c(-c4ccc(F)cc4)c(C)nn32)c1=O. The smallest absolute Gasteiger partial charge is 0.283 e. The van der Waals surface area contributed by atoms with E-state index in [9.17, 15) is 9.18 Å². The van der Waals surface area contributed by atoms with E-state index in [-0.39, 0.29) is 16.9 Å². The average molecular weight is 368 g/mol. The summed E-state index contributed by atoms with van der Waals surface area (Å²) in [5.41, 5.74) is 2.87. The molecule has 0 amide bonds. The fraction of sp³-hybridized carbons (Fsp3) is 0.278. The van der Waals surface area contributed by atoms with Gasteiger partial charge in [0.1, 0.15) is 12.1 Å². The number of rotatable bonds is 5. The van der Waals surface area contributed by atoms with Gasteiger partial charge in [-0.05, 0) is 31.0 Å². The van der Waals surface area contributed by atoms with Gasteiger partial charge >= 0.3 is 0 Å². The van der Waals surface area contributed by atoms with E-state index in [1.165, 1.54) is 27.5 Å². The first-order valence-electron chi connectivity index (χ1n) is 8.46. The Bertz CT molecular complexity index is 1180. The summed E-state index contributed by atoms with van der Waals surface area (Å²) in [5, 5.41) is 12.8. The van der Waals surface area contributed by atoms with E-state index in [1.54, 1.807) is 19.2 Å². The predicted octanol–water partition coefficient (Wildman–Crippen LogP) is 1.99. The van der Waals surface area contributed by atoms with Gasteiger partial charge in [0.05, 0.1) is 11.3 Å². The highest BCUT2D eigenvalue weighted by Gasteiger charge is 2.18. The first-order valence-corrected chi connectivity index (χ1v) is 8.46. The molecule has 3 heterocycles. The van der Waals surface area contributed by atoms with Crippen LogP contribution in [0.25, 0.3) is 27.9 Å². The molecule has 4 rings (SSSR count). The number of benzene rings is 1. The molecule has 0 aliphatic heterocycles. The molecule has 0 aliphatic carbocycles. The van der Waals surface area contributed by atoms with Crippen LogP contribution in [0.3, 0.4) is 0 Å². The van der Waals surface area contributed by atoms with Crippen molar-refractivity contribution in [3.8, 4) is 11.1 Å². The molecule has 4 aromatic rings. The van der Waals surface area contributed by atoms with Crippen molar-refractivity contribution in [1.29, 1.82) is 0 Å². The minimum atomic E-state index is -0.319. The summed E-state index contributed by atoms with van der Waals surface area (Å²) >= 11 is 0. The van der Waals surface area contributed by atoms with Gasteiger partial charge in [-0.15, -0.1) is 10.2 Å². The maximum Gasteiger partial charge on any atom is 0.283 e. The van der Waals surface area contributed by atoms with Gasteiger partial charge in [0.15, 0.2) is 16.8 Å². The summed E-state index contributed by atoms with van der Waals surface area (Å²) in [7, 11) is 1.61. The van der Waals surface area contributed by atoms with E-state index >= 15 is 0 Å². The summed E-state index contributed by atoms with van der Waals surface area (Å²) < 4.78 is 21.2. The Balaban J connectivity index is 1.87. The van der Waals surface area contributed by atoms with Gasteiger partial charge in [0.2, 0.25) is 0 Å². The zero-order valence-corrected chi connectivity index (χ0v) is 14.9. The lowest BCUT2D eigenvalue weighted by atomic mass is 10.1. The van der Waals surface area contributed by atoms with Crippen LogP contribution in [0, 0.1) is 12.7 Å². The second-order valence-electron chi connectivity index (χ2n) is 6.16. The molecule has 0 saturated heterocycles. The summed E-state index contributed by atoms with van der Waals surface area (Å²) in [6, 6.07) is 6.08. The Hall–Kier alpha value is -3.20. The third-order valence-corrected chi connectivity index (χ3v) is 4.36. The van der Waals surface area contributed by atoms with Crippen LogP contribution in [0.15, 0.2) is 35.4 Å². The van der Waals surface area contributed by atoms with Crippen molar-refractivity contribution in [2.24, 2.45) is 0 Å². The van der Waals surface area contributed by atoms with Gasteiger partial charge in [-0.3, -0.25) is 9.36 Å². The lowest BCUT2D eigenvalue weighted by Gasteiger charge is -2.06. The highest BCUT2D eigenvalue weighted by molar-refractivity contribution is 5.83. The maximum atomic E-state index is 13.2. The fourth-order valence-electron chi connectivity index (χ4n) is 3.06. The molecule has 3 aromatic heterocycles. The van der Waals surface area contributed by atoms with Crippen LogP contribution in [0.2, 0.25) is 0 Å². The lowest BCUT2D eigenvalue weighted by Crippen LogP contribution is -2.23. The Morgan fingerprint density at radius 3 is 2.67 bits per heavy atom. The quantitative estimate of drug-likeness (QED) is 0.501. The molecule has 9 heteroatoms. The molecule has 138 valence electrons. The number of aromatic nitrogens is 6. The van der Waals surface area contributed by atoms with E-state index in [0.717, 1.165) is 11.1 Å². The first-order chi connectivity index (χ1) is 13.1. The number of hydrogen-bond acceptors (Lipinski definition) is 6. The van der Waals surface area contributed by atoms with Crippen molar-refractivity contribution in [1.82, 2.24) is 29.4 Å². The van der Waals surface area contributed by atoms with E-state index in [2.05, 4.69) is 20.3 Å². The fourth-order valence-corrected chi connectivity index (χ4v) is 3.06. The van der Waals surface area contributed by atoms with Gasteiger partial charge < -0.3 is 4.74 Å². The van der Waals surface area contributed by atoms with Gasteiger partial charge in [-0.25, -0.2) is 9.37 Å². The van der Waals surface area contributed by atoms with E-state index in [0.29, 0.717) is 36.6 Å². The van der Waals surface area contributed by atoms with Crippen molar-refractivity contribution >= 4 is 16.8 Å². The highest BCUT2D eigenvalue weighted by Crippen LogP contribution is 2.27. The van der Waals surface area contributed by atoms with Crippen LogP contribution in [-0.4, -0.2) is 43.1 Å². The number of methoxy groups -OCH3 is 1. The number of nitrogens with zero attached hydrogens (tertiary/aromatic N) is 6. The minimum Gasteiger partial charge on any atom is -0.385 e. The Kier molecular flexibility index (Phi) is 4.36.